The van der Waals surface area contributed by atoms with Gasteiger partial charge in [-0.15, -0.1) is 0 Å². The molecule has 1 atom stereocenters. The summed E-state index contributed by atoms with van der Waals surface area (Å²) in [6, 6.07) is 17.2. The minimum absolute atomic E-state index is 0.236. The van der Waals surface area contributed by atoms with E-state index in [2.05, 4.69) is 54.6 Å². The monoisotopic (exact) mass is 462 g/mol. The van der Waals surface area contributed by atoms with Crippen molar-refractivity contribution in [2.24, 2.45) is 16.9 Å². The van der Waals surface area contributed by atoms with Gasteiger partial charge in [-0.25, -0.2) is 0 Å². The SMILES string of the molecule is CC(C)(N)CC(N)C(C)(C)C(=O)OCCCCCc1ccc2c(c1)C=C(c1ccccc1)CC2. The van der Waals surface area contributed by atoms with Crippen molar-refractivity contribution in [2.45, 2.75) is 84.2 Å². The number of hydrogen-bond donors (Lipinski definition) is 2. The van der Waals surface area contributed by atoms with E-state index >= 15 is 0 Å². The van der Waals surface area contributed by atoms with Crippen LogP contribution in [-0.4, -0.2) is 24.2 Å². The summed E-state index contributed by atoms with van der Waals surface area (Å²) in [4.78, 5) is 12.6. The van der Waals surface area contributed by atoms with Crippen LogP contribution in [0, 0.1) is 5.41 Å². The summed E-state index contributed by atoms with van der Waals surface area (Å²) in [5.41, 5.74) is 18.1. The number of fused-ring (bicyclic) bond motifs is 1. The fourth-order valence-corrected chi connectivity index (χ4v) is 4.50. The Morgan fingerprint density at radius 1 is 1.00 bits per heavy atom. The second kappa shape index (κ2) is 11.3. The molecule has 0 radical (unpaired) electrons. The van der Waals surface area contributed by atoms with E-state index in [4.69, 9.17) is 16.2 Å². The summed E-state index contributed by atoms with van der Waals surface area (Å²) in [7, 11) is 0. The zero-order valence-corrected chi connectivity index (χ0v) is 21.4. The Hall–Kier alpha value is -2.43. The zero-order valence-electron chi connectivity index (χ0n) is 21.4. The molecule has 0 spiro atoms. The molecule has 0 amide bonds. The molecule has 1 aliphatic carbocycles. The zero-order chi connectivity index (χ0) is 24.8. The van der Waals surface area contributed by atoms with Gasteiger partial charge < -0.3 is 16.2 Å². The van der Waals surface area contributed by atoms with Crippen molar-refractivity contribution >= 4 is 17.6 Å². The smallest absolute Gasteiger partial charge is 0.313 e. The van der Waals surface area contributed by atoms with Crippen LogP contribution in [0.25, 0.3) is 11.6 Å². The predicted octanol–water partition coefficient (Wildman–Crippen LogP) is 5.91. The Morgan fingerprint density at radius 3 is 2.44 bits per heavy atom. The number of carbonyl (C=O) groups is 1. The number of rotatable bonds is 11. The molecule has 2 aromatic rings. The topological polar surface area (TPSA) is 78.3 Å². The third-order valence-electron chi connectivity index (χ3n) is 6.89. The van der Waals surface area contributed by atoms with Gasteiger partial charge in [-0.3, -0.25) is 4.79 Å². The Morgan fingerprint density at radius 2 is 1.74 bits per heavy atom. The lowest BCUT2D eigenvalue weighted by Crippen LogP contribution is -2.50. The van der Waals surface area contributed by atoms with Gasteiger partial charge >= 0.3 is 5.97 Å². The number of benzene rings is 2. The van der Waals surface area contributed by atoms with Crippen LogP contribution in [0.5, 0.6) is 0 Å². The molecule has 0 fully saturated rings. The molecule has 0 bridgehead atoms. The average Bonchev–Trinajstić information content (AvgIpc) is 2.80. The largest absolute Gasteiger partial charge is 0.465 e. The first-order chi connectivity index (χ1) is 16.1. The molecular weight excluding hydrogens is 420 g/mol. The highest BCUT2D eigenvalue weighted by atomic mass is 16.5. The van der Waals surface area contributed by atoms with Gasteiger partial charge in [0, 0.05) is 11.6 Å². The number of unbranched alkanes of at least 4 members (excludes halogenated alkanes) is 2. The minimum atomic E-state index is -0.744. The Kier molecular flexibility index (Phi) is 8.72. The van der Waals surface area contributed by atoms with Gasteiger partial charge in [-0.1, -0.05) is 54.6 Å². The second-order valence-electron chi connectivity index (χ2n) is 11.0. The molecule has 0 saturated heterocycles. The van der Waals surface area contributed by atoms with Gasteiger partial charge in [-0.05, 0) is 100 Å². The van der Waals surface area contributed by atoms with Gasteiger partial charge in [0.05, 0.1) is 12.0 Å². The molecule has 4 heteroatoms. The summed E-state index contributed by atoms with van der Waals surface area (Å²) in [6.07, 6.45) is 9.13. The molecule has 0 saturated carbocycles. The predicted molar refractivity (Wildman–Crippen MR) is 142 cm³/mol. The van der Waals surface area contributed by atoms with E-state index in [1.807, 2.05) is 27.7 Å². The Labute approximate surface area is 205 Å². The lowest BCUT2D eigenvalue weighted by molar-refractivity contribution is -0.155. The number of hydrogen-bond acceptors (Lipinski definition) is 4. The van der Waals surface area contributed by atoms with Crippen LogP contribution in [0.15, 0.2) is 48.5 Å². The molecule has 4 nitrogen and oxygen atoms in total. The van der Waals surface area contributed by atoms with E-state index in [-0.39, 0.29) is 12.0 Å². The van der Waals surface area contributed by atoms with Crippen LogP contribution < -0.4 is 11.5 Å². The molecule has 1 aliphatic rings. The van der Waals surface area contributed by atoms with Crippen LogP contribution in [0.4, 0.5) is 0 Å². The molecular formula is C30H42N2O2. The van der Waals surface area contributed by atoms with Gasteiger partial charge in [0.1, 0.15) is 0 Å². The van der Waals surface area contributed by atoms with Crippen LogP contribution in [-0.2, 0) is 22.4 Å². The quantitative estimate of drug-likeness (QED) is 0.321. The molecule has 2 aromatic carbocycles. The molecule has 184 valence electrons. The summed E-state index contributed by atoms with van der Waals surface area (Å²) in [5, 5.41) is 0. The van der Waals surface area contributed by atoms with E-state index < -0.39 is 11.0 Å². The van der Waals surface area contributed by atoms with E-state index in [0.717, 1.165) is 38.5 Å². The second-order valence-corrected chi connectivity index (χ2v) is 11.0. The molecule has 0 heterocycles. The van der Waals surface area contributed by atoms with Gasteiger partial charge in [0.2, 0.25) is 0 Å². The first-order valence-corrected chi connectivity index (χ1v) is 12.7. The molecule has 0 aliphatic heterocycles. The van der Waals surface area contributed by atoms with Crippen molar-refractivity contribution < 1.29 is 9.53 Å². The number of allylic oxidation sites excluding steroid dienone is 1. The van der Waals surface area contributed by atoms with Crippen molar-refractivity contribution in [1.82, 2.24) is 0 Å². The number of aryl methyl sites for hydroxylation is 2. The molecule has 0 aromatic heterocycles. The number of carbonyl (C=O) groups excluding carboxylic acids is 1. The van der Waals surface area contributed by atoms with Crippen molar-refractivity contribution in [3.8, 4) is 0 Å². The van der Waals surface area contributed by atoms with E-state index in [0.29, 0.717) is 13.0 Å². The molecule has 34 heavy (non-hydrogen) atoms. The van der Waals surface area contributed by atoms with Crippen molar-refractivity contribution in [2.75, 3.05) is 6.61 Å². The maximum absolute atomic E-state index is 12.6. The van der Waals surface area contributed by atoms with Crippen molar-refractivity contribution in [3.05, 3.63) is 70.8 Å². The first-order valence-electron chi connectivity index (χ1n) is 12.7. The lowest BCUT2D eigenvalue weighted by Gasteiger charge is -2.33. The van der Waals surface area contributed by atoms with Crippen molar-refractivity contribution in [3.63, 3.8) is 0 Å². The minimum Gasteiger partial charge on any atom is -0.465 e. The lowest BCUT2D eigenvalue weighted by atomic mass is 9.79. The normalized spacial score (nSPS) is 14.8. The van der Waals surface area contributed by atoms with Gasteiger partial charge in [0.25, 0.3) is 0 Å². The molecule has 1 unspecified atom stereocenters. The summed E-state index contributed by atoms with van der Waals surface area (Å²) >= 11 is 0. The highest BCUT2D eigenvalue weighted by Crippen LogP contribution is 2.31. The van der Waals surface area contributed by atoms with Crippen LogP contribution in [0.3, 0.4) is 0 Å². The molecule has 3 rings (SSSR count). The maximum atomic E-state index is 12.6. The standard InChI is InChI=1S/C30H42N2O2/c1-29(2,32)21-27(31)30(3,4)28(33)34-18-10-6-7-11-22-14-15-24-16-17-25(20-26(24)19-22)23-12-8-5-9-13-23/h5,8-9,12-15,19-20,27H,6-7,10-11,16-18,21,31-32H2,1-4H3. The van der Waals surface area contributed by atoms with E-state index in [1.54, 1.807) is 0 Å². The maximum Gasteiger partial charge on any atom is 0.313 e. The Balaban J connectivity index is 1.43. The fraction of sp³-hybridized carbons (Fsp3) is 0.500. The summed E-state index contributed by atoms with van der Waals surface area (Å²) in [6.45, 7) is 7.98. The molecule has 4 N–H and O–H groups in total. The van der Waals surface area contributed by atoms with Crippen LogP contribution >= 0.6 is 0 Å². The van der Waals surface area contributed by atoms with Gasteiger partial charge in [-0.2, -0.15) is 0 Å². The van der Waals surface area contributed by atoms with Gasteiger partial charge in [0.15, 0.2) is 0 Å². The van der Waals surface area contributed by atoms with E-state index in [1.165, 1.54) is 27.8 Å². The number of esters is 1. The first kappa shape index (κ1) is 26.2. The number of nitrogens with two attached hydrogens (primary N) is 2. The summed E-state index contributed by atoms with van der Waals surface area (Å²) in [5.74, 6) is -0.236. The Bertz CT molecular complexity index is 987. The van der Waals surface area contributed by atoms with Crippen LogP contribution in [0.2, 0.25) is 0 Å². The fourth-order valence-electron chi connectivity index (χ4n) is 4.50. The highest BCUT2D eigenvalue weighted by molar-refractivity contribution is 5.84. The highest BCUT2D eigenvalue weighted by Gasteiger charge is 2.38. The van der Waals surface area contributed by atoms with Crippen LogP contribution in [0.1, 0.15) is 82.1 Å². The third kappa shape index (κ3) is 7.28. The third-order valence-corrected chi connectivity index (χ3v) is 6.89. The summed E-state index contributed by atoms with van der Waals surface area (Å²) < 4.78 is 5.56. The van der Waals surface area contributed by atoms with Crippen molar-refractivity contribution in [1.29, 1.82) is 0 Å². The number of ether oxygens (including phenoxy) is 1. The average molecular weight is 463 g/mol. The van der Waals surface area contributed by atoms with E-state index in [9.17, 15) is 4.79 Å².